The Labute approximate surface area is 127 Å². The van der Waals surface area contributed by atoms with E-state index in [0.29, 0.717) is 22.6 Å². The van der Waals surface area contributed by atoms with Gasteiger partial charge in [0.15, 0.2) is 0 Å². The van der Waals surface area contributed by atoms with Gasteiger partial charge in [-0.15, -0.1) is 0 Å². The standard InChI is InChI=1S/C16H17N3O3/c17-8-12-7-10(9-22-12)15(20)19-14-4-2-1-3-13(14)16(21)18-11-5-6-11/h1-4,7,9,11H,5-6,8,17H2,(H,18,21)(H,19,20). The highest BCUT2D eigenvalue weighted by Gasteiger charge is 2.25. The van der Waals surface area contributed by atoms with E-state index in [1.807, 2.05) is 0 Å². The molecule has 4 N–H and O–H groups in total. The maximum absolute atomic E-state index is 12.2. The van der Waals surface area contributed by atoms with E-state index in [2.05, 4.69) is 10.6 Å². The van der Waals surface area contributed by atoms with Crippen molar-refractivity contribution in [1.29, 1.82) is 0 Å². The average Bonchev–Trinajstić information content (AvgIpc) is 3.20. The lowest BCUT2D eigenvalue weighted by Gasteiger charge is -2.10. The first kappa shape index (κ1) is 14.3. The number of carbonyl (C=O) groups excluding carboxylic acids is 2. The van der Waals surface area contributed by atoms with Crippen molar-refractivity contribution in [2.45, 2.75) is 25.4 Å². The van der Waals surface area contributed by atoms with Gasteiger partial charge in [-0.2, -0.15) is 0 Å². The number of nitrogens with one attached hydrogen (secondary N) is 2. The number of benzene rings is 1. The quantitative estimate of drug-likeness (QED) is 0.785. The third kappa shape index (κ3) is 3.17. The molecule has 1 aliphatic carbocycles. The smallest absolute Gasteiger partial charge is 0.258 e. The monoisotopic (exact) mass is 299 g/mol. The van der Waals surface area contributed by atoms with Gasteiger partial charge in [-0.25, -0.2) is 0 Å². The summed E-state index contributed by atoms with van der Waals surface area (Å²) in [6.07, 6.45) is 3.37. The fourth-order valence-electron chi connectivity index (χ4n) is 2.08. The van der Waals surface area contributed by atoms with Crippen LogP contribution < -0.4 is 16.4 Å². The molecule has 0 unspecified atom stereocenters. The van der Waals surface area contributed by atoms with Gasteiger partial charge in [0.05, 0.1) is 23.4 Å². The van der Waals surface area contributed by atoms with Crippen molar-refractivity contribution in [3.05, 3.63) is 53.5 Å². The van der Waals surface area contributed by atoms with Gasteiger partial charge in [0.1, 0.15) is 12.0 Å². The van der Waals surface area contributed by atoms with Crippen LogP contribution in [0.4, 0.5) is 5.69 Å². The van der Waals surface area contributed by atoms with Crippen LogP contribution in [0.5, 0.6) is 0 Å². The Bertz CT molecular complexity index is 704. The highest BCUT2D eigenvalue weighted by molar-refractivity contribution is 6.09. The van der Waals surface area contributed by atoms with E-state index < -0.39 is 0 Å². The molecule has 22 heavy (non-hydrogen) atoms. The highest BCUT2D eigenvalue weighted by Crippen LogP contribution is 2.22. The van der Waals surface area contributed by atoms with Gasteiger partial charge in [-0.05, 0) is 31.0 Å². The third-order valence-corrected chi connectivity index (χ3v) is 3.45. The molecule has 2 amide bonds. The SMILES string of the molecule is NCc1cc(C(=O)Nc2ccccc2C(=O)NC2CC2)co1. The molecule has 2 aromatic rings. The predicted octanol–water partition coefficient (Wildman–Crippen LogP) is 1.88. The number of para-hydroxylation sites is 1. The first-order valence-corrected chi connectivity index (χ1v) is 7.16. The van der Waals surface area contributed by atoms with E-state index in [0.717, 1.165) is 12.8 Å². The maximum atomic E-state index is 12.2. The Hall–Kier alpha value is -2.60. The summed E-state index contributed by atoms with van der Waals surface area (Å²) in [6, 6.07) is 8.77. The van der Waals surface area contributed by atoms with Gasteiger partial charge in [-0.3, -0.25) is 9.59 Å². The minimum Gasteiger partial charge on any atom is -0.467 e. The average molecular weight is 299 g/mol. The number of hydrogen-bond donors (Lipinski definition) is 3. The van der Waals surface area contributed by atoms with E-state index >= 15 is 0 Å². The zero-order chi connectivity index (χ0) is 15.5. The summed E-state index contributed by atoms with van der Waals surface area (Å²) in [7, 11) is 0. The van der Waals surface area contributed by atoms with E-state index in [1.54, 1.807) is 30.3 Å². The van der Waals surface area contributed by atoms with Crippen LogP contribution in [-0.2, 0) is 6.54 Å². The number of nitrogens with two attached hydrogens (primary N) is 1. The molecule has 1 aromatic carbocycles. The van der Waals surface area contributed by atoms with Crippen molar-refractivity contribution in [2.75, 3.05) is 5.32 Å². The Morgan fingerprint density at radius 2 is 2.00 bits per heavy atom. The van der Waals surface area contributed by atoms with Gasteiger partial charge in [0, 0.05) is 6.04 Å². The van der Waals surface area contributed by atoms with Crippen molar-refractivity contribution in [3.8, 4) is 0 Å². The number of rotatable bonds is 5. The fraction of sp³-hybridized carbons (Fsp3) is 0.250. The van der Waals surface area contributed by atoms with Crippen LogP contribution in [0.1, 0.15) is 39.3 Å². The Morgan fingerprint density at radius 1 is 1.23 bits per heavy atom. The second-order valence-corrected chi connectivity index (χ2v) is 5.25. The normalized spacial score (nSPS) is 13.7. The highest BCUT2D eigenvalue weighted by atomic mass is 16.3. The van der Waals surface area contributed by atoms with E-state index in [9.17, 15) is 9.59 Å². The minimum atomic E-state index is -0.338. The van der Waals surface area contributed by atoms with Crippen molar-refractivity contribution in [2.24, 2.45) is 5.73 Å². The van der Waals surface area contributed by atoms with Crippen LogP contribution in [0.2, 0.25) is 0 Å². The van der Waals surface area contributed by atoms with Gasteiger partial charge in [0.2, 0.25) is 0 Å². The molecule has 3 rings (SSSR count). The number of anilines is 1. The van der Waals surface area contributed by atoms with Crippen LogP contribution >= 0.6 is 0 Å². The molecule has 1 heterocycles. The Morgan fingerprint density at radius 3 is 2.68 bits per heavy atom. The Kier molecular flexibility index (Phi) is 3.93. The first-order chi connectivity index (χ1) is 10.7. The zero-order valence-corrected chi connectivity index (χ0v) is 12.0. The van der Waals surface area contributed by atoms with Crippen LogP contribution in [0.3, 0.4) is 0 Å². The summed E-state index contributed by atoms with van der Waals surface area (Å²) in [5, 5.41) is 5.65. The lowest BCUT2D eigenvalue weighted by Crippen LogP contribution is -2.26. The molecular weight excluding hydrogens is 282 g/mol. The number of amides is 2. The topological polar surface area (TPSA) is 97.4 Å². The zero-order valence-electron chi connectivity index (χ0n) is 12.0. The van der Waals surface area contributed by atoms with Crippen molar-refractivity contribution < 1.29 is 14.0 Å². The van der Waals surface area contributed by atoms with Crippen LogP contribution in [-0.4, -0.2) is 17.9 Å². The summed E-state index contributed by atoms with van der Waals surface area (Å²) in [6.45, 7) is 0.230. The summed E-state index contributed by atoms with van der Waals surface area (Å²) in [4.78, 5) is 24.4. The largest absolute Gasteiger partial charge is 0.467 e. The van der Waals surface area contributed by atoms with Crippen LogP contribution in [0.25, 0.3) is 0 Å². The molecule has 0 atom stereocenters. The van der Waals surface area contributed by atoms with E-state index in [1.165, 1.54) is 6.26 Å². The molecule has 0 aliphatic heterocycles. The maximum Gasteiger partial charge on any atom is 0.258 e. The lowest BCUT2D eigenvalue weighted by molar-refractivity contribution is 0.0952. The fourth-order valence-corrected chi connectivity index (χ4v) is 2.08. The third-order valence-electron chi connectivity index (χ3n) is 3.45. The molecule has 0 spiro atoms. The molecule has 0 bridgehead atoms. The van der Waals surface area contributed by atoms with Gasteiger partial charge >= 0.3 is 0 Å². The van der Waals surface area contributed by atoms with Crippen molar-refractivity contribution >= 4 is 17.5 Å². The number of furan rings is 1. The Balaban J connectivity index is 1.76. The molecule has 1 fully saturated rings. The van der Waals surface area contributed by atoms with Crippen LogP contribution in [0, 0.1) is 0 Å². The van der Waals surface area contributed by atoms with Crippen molar-refractivity contribution in [1.82, 2.24) is 5.32 Å². The molecule has 6 nitrogen and oxygen atoms in total. The van der Waals surface area contributed by atoms with Crippen molar-refractivity contribution in [3.63, 3.8) is 0 Å². The molecule has 1 aliphatic rings. The number of hydrogen-bond acceptors (Lipinski definition) is 4. The van der Waals surface area contributed by atoms with Gasteiger partial charge in [-0.1, -0.05) is 12.1 Å². The molecule has 0 radical (unpaired) electrons. The lowest BCUT2D eigenvalue weighted by atomic mass is 10.1. The molecule has 114 valence electrons. The molecule has 1 saturated carbocycles. The summed E-state index contributed by atoms with van der Waals surface area (Å²) in [5.74, 6) is 0.0216. The molecule has 0 saturated heterocycles. The first-order valence-electron chi connectivity index (χ1n) is 7.16. The molecule has 6 heteroatoms. The summed E-state index contributed by atoms with van der Waals surface area (Å²) < 4.78 is 5.15. The summed E-state index contributed by atoms with van der Waals surface area (Å²) >= 11 is 0. The van der Waals surface area contributed by atoms with Crippen LogP contribution in [0.15, 0.2) is 41.0 Å². The van der Waals surface area contributed by atoms with E-state index in [-0.39, 0.29) is 24.4 Å². The molecule has 1 aromatic heterocycles. The second-order valence-electron chi connectivity index (χ2n) is 5.25. The minimum absolute atomic E-state index is 0.173. The second kappa shape index (κ2) is 6.03. The number of carbonyl (C=O) groups is 2. The van der Waals surface area contributed by atoms with E-state index in [4.69, 9.17) is 10.2 Å². The van der Waals surface area contributed by atoms with Gasteiger partial charge < -0.3 is 20.8 Å². The van der Waals surface area contributed by atoms with Gasteiger partial charge in [0.25, 0.3) is 11.8 Å². The molecular formula is C16H17N3O3. The predicted molar refractivity (Wildman–Crippen MR) is 81.5 cm³/mol. The summed E-state index contributed by atoms with van der Waals surface area (Å²) in [5.41, 5.74) is 6.75.